The Balaban J connectivity index is 2.34. The predicted octanol–water partition coefficient (Wildman–Crippen LogP) is 4.02. The van der Waals surface area contributed by atoms with Gasteiger partial charge in [0.15, 0.2) is 11.6 Å². The van der Waals surface area contributed by atoms with Crippen molar-refractivity contribution in [2.24, 2.45) is 0 Å². The summed E-state index contributed by atoms with van der Waals surface area (Å²) in [6, 6.07) is 4.89. The zero-order chi connectivity index (χ0) is 15.2. The summed E-state index contributed by atoms with van der Waals surface area (Å²) in [5.41, 5.74) is 2.04. The van der Waals surface area contributed by atoms with Gasteiger partial charge in [-0.05, 0) is 31.2 Å². The zero-order valence-electron chi connectivity index (χ0n) is 12.7. The second-order valence-corrected chi connectivity index (χ2v) is 5.85. The molecule has 0 fully saturated rings. The normalized spacial score (nSPS) is 10.9. The molecule has 21 heavy (non-hydrogen) atoms. The third kappa shape index (κ3) is 3.80. The lowest BCUT2D eigenvalue weighted by atomic mass is 10.2. The quantitative estimate of drug-likeness (QED) is 0.839. The van der Waals surface area contributed by atoms with Crippen LogP contribution in [0.1, 0.15) is 30.8 Å². The number of nitrogens with zero attached hydrogens (tertiary/aromatic N) is 1. The number of aromatic nitrogens is 1. The first kappa shape index (κ1) is 15.9. The molecule has 0 aliphatic rings. The largest absolute Gasteiger partial charge is 0.494 e. The van der Waals surface area contributed by atoms with Gasteiger partial charge >= 0.3 is 0 Å². The van der Waals surface area contributed by atoms with Gasteiger partial charge in [0.25, 0.3) is 0 Å². The number of benzene rings is 1. The molecular weight excluding hydrogens is 287 g/mol. The van der Waals surface area contributed by atoms with Gasteiger partial charge in [-0.1, -0.05) is 20.3 Å². The first-order valence-electron chi connectivity index (χ1n) is 7.22. The minimum Gasteiger partial charge on any atom is -0.494 e. The Hall–Kier alpha value is -1.46. The van der Waals surface area contributed by atoms with Crippen LogP contribution >= 0.6 is 11.3 Å². The molecule has 0 bridgehead atoms. The van der Waals surface area contributed by atoms with E-state index in [1.807, 2.05) is 0 Å². The SMILES string of the molecule is CCCc1nc(-c2ccc(F)c(OC)c2)sc1CNCC. The number of nitrogens with one attached hydrogen (secondary N) is 1. The highest BCUT2D eigenvalue weighted by Crippen LogP contribution is 2.32. The van der Waals surface area contributed by atoms with Crippen LogP contribution in [0, 0.1) is 5.82 Å². The number of hydrogen-bond acceptors (Lipinski definition) is 4. The van der Waals surface area contributed by atoms with Gasteiger partial charge in [-0.25, -0.2) is 9.37 Å². The predicted molar refractivity (Wildman–Crippen MR) is 85.4 cm³/mol. The number of rotatable bonds is 7. The lowest BCUT2D eigenvalue weighted by molar-refractivity contribution is 0.387. The van der Waals surface area contributed by atoms with Crippen LogP contribution in [0.15, 0.2) is 18.2 Å². The molecule has 0 spiro atoms. The fourth-order valence-corrected chi connectivity index (χ4v) is 3.18. The minimum atomic E-state index is -0.348. The molecule has 3 nitrogen and oxygen atoms in total. The Kier molecular flexibility index (Phi) is 5.70. The van der Waals surface area contributed by atoms with Crippen LogP contribution in [0.3, 0.4) is 0 Å². The molecule has 2 aromatic rings. The van der Waals surface area contributed by atoms with Crippen LogP contribution in [-0.4, -0.2) is 18.6 Å². The van der Waals surface area contributed by atoms with Crippen molar-refractivity contribution in [2.45, 2.75) is 33.2 Å². The number of ether oxygens (including phenoxy) is 1. The Morgan fingerprint density at radius 3 is 2.81 bits per heavy atom. The molecule has 0 atom stereocenters. The van der Waals surface area contributed by atoms with E-state index < -0.39 is 0 Å². The molecule has 114 valence electrons. The van der Waals surface area contributed by atoms with Crippen LogP contribution in [0.5, 0.6) is 5.75 Å². The highest BCUT2D eigenvalue weighted by Gasteiger charge is 2.13. The van der Waals surface area contributed by atoms with Crippen molar-refractivity contribution in [1.29, 1.82) is 0 Å². The molecule has 5 heteroatoms. The molecule has 0 unspecified atom stereocenters. The molecule has 0 radical (unpaired) electrons. The second kappa shape index (κ2) is 7.52. The minimum absolute atomic E-state index is 0.257. The number of aryl methyl sites for hydroxylation is 1. The second-order valence-electron chi connectivity index (χ2n) is 4.77. The van der Waals surface area contributed by atoms with E-state index in [2.05, 4.69) is 19.2 Å². The maximum absolute atomic E-state index is 13.5. The van der Waals surface area contributed by atoms with Crippen molar-refractivity contribution in [3.63, 3.8) is 0 Å². The Labute approximate surface area is 129 Å². The van der Waals surface area contributed by atoms with Gasteiger partial charge in [0.05, 0.1) is 12.8 Å². The van der Waals surface area contributed by atoms with E-state index in [-0.39, 0.29) is 11.6 Å². The van der Waals surface area contributed by atoms with Crippen molar-refractivity contribution in [1.82, 2.24) is 10.3 Å². The molecule has 1 N–H and O–H groups in total. The van der Waals surface area contributed by atoms with Crippen molar-refractivity contribution in [3.8, 4) is 16.3 Å². The Morgan fingerprint density at radius 2 is 2.14 bits per heavy atom. The summed E-state index contributed by atoms with van der Waals surface area (Å²) in [6.07, 6.45) is 2.03. The van der Waals surface area contributed by atoms with Crippen molar-refractivity contribution in [3.05, 3.63) is 34.6 Å². The highest BCUT2D eigenvalue weighted by atomic mass is 32.1. The fraction of sp³-hybridized carbons (Fsp3) is 0.438. The van der Waals surface area contributed by atoms with Gasteiger partial charge in [0.2, 0.25) is 0 Å². The average Bonchev–Trinajstić information content (AvgIpc) is 2.89. The summed E-state index contributed by atoms with van der Waals surface area (Å²) in [4.78, 5) is 5.99. The number of methoxy groups -OCH3 is 1. The third-order valence-electron chi connectivity index (χ3n) is 3.20. The lowest BCUT2D eigenvalue weighted by Crippen LogP contribution is -2.11. The molecular formula is C16H21FN2OS. The summed E-state index contributed by atoms with van der Waals surface area (Å²) in [5.74, 6) is -0.0903. The Morgan fingerprint density at radius 1 is 1.33 bits per heavy atom. The summed E-state index contributed by atoms with van der Waals surface area (Å²) in [6.45, 7) is 6.01. The van der Waals surface area contributed by atoms with E-state index in [0.29, 0.717) is 0 Å². The van der Waals surface area contributed by atoms with Gasteiger partial charge in [-0.2, -0.15) is 0 Å². The molecule has 1 aromatic heterocycles. The van der Waals surface area contributed by atoms with E-state index >= 15 is 0 Å². The van der Waals surface area contributed by atoms with Gasteiger partial charge in [0, 0.05) is 17.0 Å². The highest BCUT2D eigenvalue weighted by molar-refractivity contribution is 7.15. The number of thiazole rings is 1. The van der Waals surface area contributed by atoms with Gasteiger partial charge in [-0.3, -0.25) is 0 Å². The molecule has 2 rings (SSSR count). The molecule has 1 aromatic carbocycles. The molecule has 0 saturated carbocycles. The van der Waals surface area contributed by atoms with Crippen LogP contribution in [0.2, 0.25) is 0 Å². The molecule has 0 saturated heterocycles. The average molecular weight is 308 g/mol. The van der Waals surface area contributed by atoms with Crippen LogP contribution in [0.4, 0.5) is 4.39 Å². The smallest absolute Gasteiger partial charge is 0.165 e. The van der Waals surface area contributed by atoms with E-state index in [4.69, 9.17) is 9.72 Å². The maximum Gasteiger partial charge on any atom is 0.165 e. The van der Waals surface area contributed by atoms with Crippen molar-refractivity contribution in [2.75, 3.05) is 13.7 Å². The standard InChI is InChI=1S/C16H21FN2OS/c1-4-6-13-15(10-18-5-2)21-16(19-13)11-7-8-12(17)14(9-11)20-3/h7-9,18H,4-6,10H2,1-3H3. The molecule has 0 aliphatic carbocycles. The van der Waals surface area contributed by atoms with E-state index in [9.17, 15) is 4.39 Å². The number of halogens is 1. The molecule has 0 amide bonds. The van der Waals surface area contributed by atoms with Gasteiger partial charge in [-0.15, -0.1) is 11.3 Å². The van der Waals surface area contributed by atoms with Crippen LogP contribution < -0.4 is 10.1 Å². The van der Waals surface area contributed by atoms with E-state index in [0.717, 1.165) is 42.2 Å². The summed E-state index contributed by atoms with van der Waals surface area (Å²) in [7, 11) is 1.48. The van der Waals surface area contributed by atoms with Crippen LogP contribution in [-0.2, 0) is 13.0 Å². The first-order valence-corrected chi connectivity index (χ1v) is 8.04. The summed E-state index contributed by atoms with van der Waals surface area (Å²) >= 11 is 1.67. The third-order valence-corrected chi connectivity index (χ3v) is 4.35. The summed E-state index contributed by atoms with van der Waals surface area (Å²) in [5, 5.41) is 4.27. The maximum atomic E-state index is 13.5. The topological polar surface area (TPSA) is 34.1 Å². The van der Waals surface area contributed by atoms with Gasteiger partial charge in [0.1, 0.15) is 5.01 Å². The number of hydrogen-bond donors (Lipinski definition) is 1. The Bertz CT molecular complexity index is 598. The van der Waals surface area contributed by atoms with E-state index in [1.165, 1.54) is 18.1 Å². The summed E-state index contributed by atoms with van der Waals surface area (Å²) < 4.78 is 18.6. The monoisotopic (exact) mass is 308 g/mol. The molecule has 1 heterocycles. The van der Waals surface area contributed by atoms with E-state index in [1.54, 1.807) is 23.5 Å². The van der Waals surface area contributed by atoms with Crippen molar-refractivity contribution >= 4 is 11.3 Å². The zero-order valence-corrected chi connectivity index (χ0v) is 13.5. The first-order chi connectivity index (χ1) is 10.2. The molecule has 0 aliphatic heterocycles. The van der Waals surface area contributed by atoms with Crippen LogP contribution in [0.25, 0.3) is 10.6 Å². The van der Waals surface area contributed by atoms with Crippen molar-refractivity contribution < 1.29 is 9.13 Å². The fourth-order valence-electron chi connectivity index (χ4n) is 2.11. The van der Waals surface area contributed by atoms with Gasteiger partial charge < -0.3 is 10.1 Å². The lowest BCUT2D eigenvalue weighted by Gasteiger charge is -2.03.